The molecule has 0 N–H and O–H groups in total. The van der Waals surface area contributed by atoms with Crippen LogP contribution in [0.4, 0.5) is 0 Å². The Kier molecular flexibility index (Phi) is 5.05. The predicted octanol–water partition coefficient (Wildman–Crippen LogP) is 4.85. The highest BCUT2D eigenvalue weighted by Gasteiger charge is 2.16. The average molecular weight is 391 g/mol. The van der Waals surface area contributed by atoms with Gasteiger partial charge in [0.1, 0.15) is 5.76 Å². The van der Waals surface area contributed by atoms with Gasteiger partial charge >= 0.3 is 0 Å². The minimum Gasteiger partial charge on any atom is -0.361 e. The molecule has 142 valence electrons. The lowest BCUT2D eigenvalue weighted by Gasteiger charge is -2.13. The van der Waals surface area contributed by atoms with Crippen molar-refractivity contribution < 1.29 is 4.52 Å². The van der Waals surface area contributed by atoms with Crippen molar-refractivity contribution in [1.29, 1.82) is 0 Å². The first-order chi connectivity index (χ1) is 13.6. The highest BCUT2D eigenvalue weighted by Crippen LogP contribution is 2.27. The maximum atomic E-state index is 13.3. The number of nitrogens with zero attached hydrogens (tertiary/aromatic N) is 3. The molecular weight excluding hydrogens is 370 g/mol. The summed E-state index contributed by atoms with van der Waals surface area (Å²) >= 11 is 1.52. The number of hydrogen-bond acceptors (Lipinski definition) is 5. The molecule has 0 aliphatic heterocycles. The van der Waals surface area contributed by atoms with E-state index in [1.165, 1.54) is 17.3 Å². The summed E-state index contributed by atoms with van der Waals surface area (Å²) in [6.07, 6.45) is 0.957. The van der Waals surface area contributed by atoms with Crippen LogP contribution in [0.1, 0.15) is 29.5 Å². The molecular formula is C22H21N3O2S. The van der Waals surface area contributed by atoms with E-state index in [4.69, 9.17) is 9.51 Å². The zero-order chi connectivity index (χ0) is 19.7. The largest absolute Gasteiger partial charge is 0.361 e. The summed E-state index contributed by atoms with van der Waals surface area (Å²) in [6.45, 7) is 5.95. The van der Waals surface area contributed by atoms with Gasteiger partial charge in [-0.1, -0.05) is 48.1 Å². The first-order valence-electron chi connectivity index (χ1n) is 9.24. The van der Waals surface area contributed by atoms with Gasteiger partial charge in [0.2, 0.25) is 0 Å². The third-order valence-electron chi connectivity index (χ3n) is 4.87. The van der Waals surface area contributed by atoms with Gasteiger partial charge in [-0.05, 0) is 50.1 Å². The van der Waals surface area contributed by atoms with Crippen molar-refractivity contribution in [3.8, 4) is 5.69 Å². The molecule has 0 radical (unpaired) electrons. The molecule has 0 fully saturated rings. The van der Waals surface area contributed by atoms with Crippen LogP contribution in [-0.2, 0) is 12.2 Å². The fraction of sp³-hybridized carbons (Fsp3) is 0.227. The maximum Gasteiger partial charge on any atom is 0.266 e. The zero-order valence-corrected chi connectivity index (χ0v) is 16.9. The molecule has 0 unspecified atom stereocenters. The Morgan fingerprint density at radius 1 is 1.07 bits per heavy atom. The number of aromatic nitrogens is 3. The summed E-state index contributed by atoms with van der Waals surface area (Å²) in [5.74, 6) is 1.44. The van der Waals surface area contributed by atoms with Crippen LogP contribution >= 0.6 is 11.8 Å². The molecule has 6 heteroatoms. The van der Waals surface area contributed by atoms with Gasteiger partial charge < -0.3 is 4.52 Å². The summed E-state index contributed by atoms with van der Waals surface area (Å²) < 4.78 is 6.96. The summed E-state index contributed by atoms with van der Waals surface area (Å²) in [5, 5.41) is 5.29. The van der Waals surface area contributed by atoms with E-state index < -0.39 is 0 Å². The molecule has 0 aliphatic rings. The quantitative estimate of drug-likeness (QED) is 0.360. The van der Waals surface area contributed by atoms with Crippen molar-refractivity contribution in [2.24, 2.45) is 0 Å². The number of rotatable bonds is 5. The second-order valence-electron chi connectivity index (χ2n) is 6.66. The molecule has 0 saturated carbocycles. The number of aryl methyl sites for hydroxylation is 3. The fourth-order valence-electron chi connectivity index (χ4n) is 3.16. The first-order valence-corrected chi connectivity index (χ1v) is 10.2. The number of hydrogen-bond donors (Lipinski definition) is 0. The van der Waals surface area contributed by atoms with Crippen molar-refractivity contribution >= 4 is 22.7 Å². The van der Waals surface area contributed by atoms with E-state index in [2.05, 4.69) is 24.2 Å². The van der Waals surface area contributed by atoms with E-state index >= 15 is 0 Å². The van der Waals surface area contributed by atoms with E-state index in [9.17, 15) is 4.79 Å². The minimum absolute atomic E-state index is 0.0592. The number of para-hydroxylation sites is 1. The average Bonchev–Trinajstić information content (AvgIpc) is 3.04. The molecule has 2 heterocycles. The molecule has 2 aromatic heterocycles. The third kappa shape index (κ3) is 3.36. The lowest BCUT2D eigenvalue weighted by Crippen LogP contribution is -2.21. The Morgan fingerprint density at radius 2 is 1.82 bits per heavy atom. The molecule has 0 bridgehead atoms. The smallest absolute Gasteiger partial charge is 0.266 e. The van der Waals surface area contributed by atoms with Crippen molar-refractivity contribution in [2.75, 3.05) is 0 Å². The molecule has 0 aliphatic carbocycles. The SMILES string of the molecule is CCc1ccc(-n2c(SCc3c(C)noc3C)nc3ccccc3c2=O)cc1. The summed E-state index contributed by atoms with van der Waals surface area (Å²) in [4.78, 5) is 18.1. The summed E-state index contributed by atoms with van der Waals surface area (Å²) in [7, 11) is 0. The van der Waals surface area contributed by atoms with Crippen LogP contribution in [0, 0.1) is 13.8 Å². The van der Waals surface area contributed by atoms with Crippen LogP contribution in [0.3, 0.4) is 0 Å². The Hall–Kier alpha value is -2.86. The van der Waals surface area contributed by atoms with Gasteiger partial charge in [0, 0.05) is 11.3 Å². The lowest BCUT2D eigenvalue weighted by molar-refractivity contribution is 0.392. The molecule has 2 aromatic carbocycles. The Labute approximate surface area is 167 Å². The normalized spacial score (nSPS) is 11.2. The molecule has 4 aromatic rings. The molecule has 0 spiro atoms. The minimum atomic E-state index is -0.0592. The van der Waals surface area contributed by atoms with Crippen LogP contribution in [0.25, 0.3) is 16.6 Å². The molecule has 5 nitrogen and oxygen atoms in total. The van der Waals surface area contributed by atoms with Crippen LogP contribution in [0.2, 0.25) is 0 Å². The number of thioether (sulfide) groups is 1. The van der Waals surface area contributed by atoms with E-state index in [-0.39, 0.29) is 5.56 Å². The van der Waals surface area contributed by atoms with Crippen molar-refractivity contribution in [3.63, 3.8) is 0 Å². The fourth-order valence-corrected chi connectivity index (χ4v) is 4.33. The third-order valence-corrected chi connectivity index (χ3v) is 5.84. The van der Waals surface area contributed by atoms with Gasteiger partial charge in [-0.25, -0.2) is 4.98 Å². The van der Waals surface area contributed by atoms with Gasteiger partial charge in [-0.3, -0.25) is 9.36 Å². The molecule has 0 amide bonds. The Bertz CT molecular complexity index is 1170. The van der Waals surface area contributed by atoms with Crippen LogP contribution in [0.15, 0.2) is 63.0 Å². The van der Waals surface area contributed by atoms with Gasteiger partial charge in [-0.15, -0.1) is 0 Å². The van der Waals surface area contributed by atoms with Crippen molar-refractivity contribution in [3.05, 3.63) is 81.5 Å². The van der Waals surface area contributed by atoms with E-state index in [0.717, 1.165) is 29.1 Å². The maximum absolute atomic E-state index is 13.3. The van der Waals surface area contributed by atoms with E-state index in [1.807, 2.05) is 50.2 Å². The van der Waals surface area contributed by atoms with Gasteiger partial charge in [0.05, 0.1) is 22.3 Å². The monoisotopic (exact) mass is 391 g/mol. The van der Waals surface area contributed by atoms with Gasteiger partial charge in [0.15, 0.2) is 5.16 Å². The lowest BCUT2D eigenvalue weighted by atomic mass is 10.1. The molecule has 4 rings (SSSR count). The summed E-state index contributed by atoms with van der Waals surface area (Å²) in [5.41, 5.74) is 4.61. The standard InChI is InChI=1S/C22H21N3O2S/c1-4-16-9-11-17(12-10-16)25-21(26)18-7-5-6-8-20(18)23-22(25)28-13-19-14(2)24-27-15(19)3/h5-12H,4,13H2,1-3H3. The highest BCUT2D eigenvalue weighted by molar-refractivity contribution is 7.98. The second-order valence-corrected chi connectivity index (χ2v) is 7.61. The van der Waals surface area contributed by atoms with Crippen molar-refractivity contribution in [1.82, 2.24) is 14.7 Å². The van der Waals surface area contributed by atoms with Gasteiger partial charge in [0.25, 0.3) is 5.56 Å². The second kappa shape index (κ2) is 7.64. The van der Waals surface area contributed by atoms with E-state index in [1.54, 1.807) is 4.57 Å². The van der Waals surface area contributed by atoms with Crippen LogP contribution in [-0.4, -0.2) is 14.7 Å². The highest BCUT2D eigenvalue weighted by atomic mass is 32.2. The van der Waals surface area contributed by atoms with Gasteiger partial charge in [-0.2, -0.15) is 0 Å². The Balaban J connectivity index is 1.84. The van der Waals surface area contributed by atoms with Crippen LogP contribution < -0.4 is 5.56 Å². The molecule has 28 heavy (non-hydrogen) atoms. The number of fused-ring (bicyclic) bond motifs is 1. The first kappa shape index (κ1) is 18.5. The molecule has 0 atom stereocenters. The number of benzene rings is 2. The predicted molar refractivity (Wildman–Crippen MR) is 112 cm³/mol. The van der Waals surface area contributed by atoms with E-state index in [0.29, 0.717) is 21.8 Å². The topological polar surface area (TPSA) is 60.9 Å². The molecule has 0 saturated heterocycles. The summed E-state index contributed by atoms with van der Waals surface area (Å²) in [6, 6.07) is 15.5. The van der Waals surface area contributed by atoms with Crippen molar-refractivity contribution in [2.45, 2.75) is 38.1 Å². The Morgan fingerprint density at radius 3 is 2.50 bits per heavy atom. The van der Waals surface area contributed by atoms with Crippen LogP contribution in [0.5, 0.6) is 0 Å². The zero-order valence-electron chi connectivity index (χ0n) is 16.1.